The van der Waals surface area contributed by atoms with Crippen molar-refractivity contribution >= 4 is 11.0 Å². The van der Waals surface area contributed by atoms with Gasteiger partial charge in [0.2, 0.25) is 0 Å². The van der Waals surface area contributed by atoms with E-state index in [4.69, 9.17) is 4.42 Å². The van der Waals surface area contributed by atoms with E-state index in [9.17, 15) is 0 Å². The molecule has 1 aliphatic carbocycles. The van der Waals surface area contributed by atoms with Crippen molar-refractivity contribution in [3.63, 3.8) is 0 Å². The van der Waals surface area contributed by atoms with Crippen LogP contribution in [0.5, 0.6) is 0 Å². The zero-order chi connectivity index (χ0) is 12.7. The maximum Gasteiger partial charge on any atom is 0.137 e. The summed E-state index contributed by atoms with van der Waals surface area (Å²) in [6.45, 7) is 7.58. The van der Waals surface area contributed by atoms with Crippen molar-refractivity contribution in [2.75, 3.05) is 6.54 Å². The third kappa shape index (κ3) is 1.95. The van der Waals surface area contributed by atoms with Crippen LogP contribution in [0.4, 0.5) is 0 Å². The quantitative estimate of drug-likeness (QED) is 0.876. The lowest BCUT2D eigenvalue weighted by Crippen LogP contribution is -2.22. The maximum atomic E-state index is 6.10. The average Bonchev–Trinajstić information content (AvgIpc) is 2.91. The van der Waals surface area contributed by atoms with Crippen LogP contribution in [-0.4, -0.2) is 6.54 Å². The summed E-state index contributed by atoms with van der Waals surface area (Å²) in [6, 6.07) is 8.93. The van der Waals surface area contributed by atoms with Gasteiger partial charge in [-0.2, -0.15) is 0 Å². The molecule has 3 atom stereocenters. The molecule has 2 heteroatoms. The topological polar surface area (TPSA) is 25.2 Å². The third-order valence-corrected chi connectivity index (χ3v) is 4.09. The Morgan fingerprint density at radius 3 is 2.83 bits per heavy atom. The summed E-state index contributed by atoms with van der Waals surface area (Å²) >= 11 is 0. The fourth-order valence-electron chi connectivity index (χ4n) is 2.88. The van der Waals surface area contributed by atoms with Crippen LogP contribution in [0.2, 0.25) is 0 Å². The van der Waals surface area contributed by atoms with E-state index < -0.39 is 0 Å². The highest BCUT2D eigenvalue weighted by atomic mass is 16.3. The number of fused-ring (bicyclic) bond motifs is 1. The summed E-state index contributed by atoms with van der Waals surface area (Å²) in [7, 11) is 0. The van der Waals surface area contributed by atoms with Gasteiger partial charge in [0.25, 0.3) is 0 Å². The van der Waals surface area contributed by atoms with Crippen molar-refractivity contribution in [2.45, 2.75) is 33.2 Å². The zero-order valence-electron chi connectivity index (χ0n) is 11.4. The minimum Gasteiger partial charge on any atom is -0.459 e. The normalized spacial score (nSPS) is 24.4. The largest absolute Gasteiger partial charge is 0.459 e. The second kappa shape index (κ2) is 4.43. The molecule has 0 aliphatic heterocycles. The van der Waals surface area contributed by atoms with Crippen molar-refractivity contribution in [1.29, 1.82) is 0 Å². The molecule has 3 rings (SSSR count). The summed E-state index contributed by atoms with van der Waals surface area (Å²) in [6.07, 6.45) is 1.31. The number of hydrogen-bond donors (Lipinski definition) is 1. The van der Waals surface area contributed by atoms with Crippen molar-refractivity contribution in [2.24, 2.45) is 11.8 Å². The third-order valence-electron chi connectivity index (χ3n) is 4.09. The van der Waals surface area contributed by atoms with Crippen molar-refractivity contribution in [3.8, 4) is 0 Å². The minimum absolute atomic E-state index is 0.386. The van der Waals surface area contributed by atoms with E-state index in [1.807, 2.05) is 0 Å². The van der Waals surface area contributed by atoms with E-state index in [1.165, 1.54) is 17.4 Å². The summed E-state index contributed by atoms with van der Waals surface area (Å²) in [5.74, 6) is 2.67. The second-order valence-electron chi connectivity index (χ2n) is 5.55. The van der Waals surface area contributed by atoms with Gasteiger partial charge in [-0.3, -0.25) is 0 Å². The van der Waals surface area contributed by atoms with Gasteiger partial charge in [0.15, 0.2) is 0 Å². The highest BCUT2D eigenvalue weighted by Crippen LogP contribution is 2.47. The van der Waals surface area contributed by atoms with Gasteiger partial charge in [-0.1, -0.05) is 32.0 Å². The molecule has 2 aromatic rings. The number of aryl methyl sites for hydroxylation is 1. The molecule has 1 aromatic carbocycles. The molecule has 18 heavy (non-hydrogen) atoms. The van der Waals surface area contributed by atoms with E-state index in [1.54, 1.807) is 0 Å². The standard InChI is InChI=1S/C16H21NO/c1-4-17-15(13-8-11(13)3)14-9-12-7-5-6-10(2)16(12)18-14/h5-7,9,11,13,15,17H,4,8H2,1-3H3. The molecular formula is C16H21NO. The van der Waals surface area contributed by atoms with Crippen LogP contribution in [0.1, 0.15) is 37.6 Å². The molecule has 1 saturated carbocycles. The van der Waals surface area contributed by atoms with Crippen molar-refractivity contribution < 1.29 is 4.42 Å². The van der Waals surface area contributed by atoms with E-state index in [-0.39, 0.29) is 0 Å². The van der Waals surface area contributed by atoms with Crippen LogP contribution < -0.4 is 5.32 Å². The minimum atomic E-state index is 0.386. The fraction of sp³-hybridized carbons (Fsp3) is 0.500. The first-order chi connectivity index (χ1) is 8.70. The predicted octanol–water partition coefficient (Wildman–Crippen LogP) is 4.05. The Morgan fingerprint density at radius 2 is 2.22 bits per heavy atom. The predicted molar refractivity (Wildman–Crippen MR) is 74.6 cm³/mol. The van der Waals surface area contributed by atoms with Crippen LogP contribution in [0.25, 0.3) is 11.0 Å². The van der Waals surface area contributed by atoms with Crippen LogP contribution in [0.15, 0.2) is 28.7 Å². The molecule has 1 N–H and O–H groups in total. The van der Waals surface area contributed by atoms with Gasteiger partial charge < -0.3 is 9.73 Å². The molecule has 0 spiro atoms. The van der Waals surface area contributed by atoms with Gasteiger partial charge in [0.05, 0.1) is 6.04 Å². The monoisotopic (exact) mass is 243 g/mol. The Balaban J connectivity index is 1.98. The molecule has 1 fully saturated rings. The number of hydrogen-bond acceptors (Lipinski definition) is 2. The lowest BCUT2D eigenvalue weighted by Gasteiger charge is -2.14. The van der Waals surface area contributed by atoms with Crippen LogP contribution in [0, 0.1) is 18.8 Å². The molecular weight excluding hydrogens is 222 g/mol. The fourth-order valence-corrected chi connectivity index (χ4v) is 2.88. The van der Waals surface area contributed by atoms with Crippen LogP contribution in [0.3, 0.4) is 0 Å². The lowest BCUT2D eigenvalue weighted by atomic mass is 10.1. The van der Waals surface area contributed by atoms with Crippen LogP contribution in [-0.2, 0) is 0 Å². The zero-order valence-corrected chi connectivity index (χ0v) is 11.4. The Labute approximate surface area is 108 Å². The molecule has 0 saturated heterocycles. The smallest absolute Gasteiger partial charge is 0.137 e. The SMILES string of the molecule is CCNC(c1cc2cccc(C)c2o1)C1CC1C. The summed E-state index contributed by atoms with van der Waals surface area (Å²) in [4.78, 5) is 0. The Hall–Kier alpha value is -1.28. The van der Waals surface area contributed by atoms with E-state index in [0.29, 0.717) is 6.04 Å². The van der Waals surface area contributed by atoms with Crippen LogP contribution >= 0.6 is 0 Å². The Kier molecular flexibility index (Phi) is 2.90. The number of furan rings is 1. The first-order valence-electron chi connectivity index (χ1n) is 6.93. The van der Waals surface area contributed by atoms with Gasteiger partial charge >= 0.3 is 0 Å². The van der Waals surface area contributed by atoms with Gasteiger partial charge in [0.1, 0.15) is 11.3 Å². The molecule has 1 aromatic heterocycles. The summed E-state index contributed by atoms with van der Waals surface area (Å²) in [5, 5.41) is 4.80. The van der Waals surface area contributed by atoms with Gasteiger partial charge in [-0.25, -0.2) is 0 Å². The first kappa shape index (κ1) is 11.8. The highest BCUT2D eigenvalue weighted by molar-refractivity contribution is 5.81. The summed E-state index contributed by atoms with van der Waals surface area (Å²) in [5.41, 5.74) is 2.27. The van der Waals surface area contributed by atoms with E-state index in [2.05, 4.69) is 50.4 Å². The molecule has 3 unspecified atom stereocenters. The lowest BCUT2D eigenvalue weighted by molar-refractivity contribution is 0.392. The van der Waals surface area contributed by atoms with Gasteiger partial charge in [-0.15, -0.1) is 0 Å². The number of rotatable bonds is 4. The Morgan fingerprint density at radius 1 is 1.44 bits per heavy atom. The molecule has 0 radical (unpaired) electrons. The molecule has 1 heterocycles. The van der Waals surface area contributed by atoms with Crippen molar-refractivity contribution in [1.82, 2.24) is 5.32 Å². The van der Waals surface area contributed by atoms with E-state index in [0.717, 1.165) is 29.7 Å². The molecule has 0 amide bonds. The number of nitrogens with one attached hydrogen (secondary N) is 1. The first-order valence-corrected chi connectivity index (χ1v) is 6.93. The van der Waals surface area contributed by atoms with Gasteiger partial charge in [-0.05, 0) is 43.4 Å². The maximum absolute atomic E-state index is 6.10. The second-order valence-corrected chi connectivity index (χ2v) is 5.55. The highest BCUT2D eigenvalue weighted by Gasteiger charge is 2.41. The summed E-state index contributed by atoms with van der Waals surface area (Å²) < 4.78 is 6.10. The van der Waals surface area contributed by atoms with E-state index >= 15 is 0 Å². The molecule has 96 valence electrons. The van der Waals surface area contributed by atoms with Gasteiger partial charge in [0, 0.05) is 5.39 Å². The van der Waals surface area contributed by atoms with Crippen molar-refractivity contribution in [3.05, 3.63) is 35.6 Å². The molecule has 1 aliphatic rings. The number of para-hydroxylation sites is 1. The number of benzene rings is 1. The molecule has 0 bridgehead atoms. The molecule has 2 nitrogen and oxygen atoms in total. The average molecular weight is 243 g/mol. The Bertz CT molecular complexity index is 557.